The van der Waals surface area contributed by atoms with Gasteiger partial charge >= 0.3 is 0 Å². The van der Waals surface area contributed by atoms with Crippen molar-refractivity contribution in [2.24, 2.45) is 17.6 Å². The van der Waals surface area contributed by atoms with Crippen LogP contribution in [-0.4, -0.2) is 30.4 Å². The molecule has 1 fully saturated rings. The Labute approximate surface area is 115 Å². The zero-order chi connectivity index (χ0) is 13.0. The first kappa shape index (κ1) is 17.2. The van der Waals surface area contributed by atoms with Gasteiger partial charge in [0.05, 0.1) is 12.6 Å². The number of amides is 2. The van der Waals surface area contributed by atoms with E-state index in [1.807, 2.05) is 20.8 Å². The second kappa shape index (κ2) is 7.59. The molecule has 0 aromatic heterocycles. The maximum Gasteiger partial charge on any atom is 0.239 e. The molecule has 2 atom stereocenters. The molecular weight excluding hydrogens is 254 g/mol. The summed E-state index contributed by atoms with van der Waals surface area (Å²) in [5.41, 5.74) is 5.66. The maximum atomic E-state index is 11.5. The number of carbonyl (C=O) groups excluding carboxylic acids is 2. The predicted molar refractivity (Wildman–Crippen MR) is 73.4 cm³/mol. The van der Waals surface area contributed by atoms with Crippen molar-refractivity contribution in [1.29, 1.82) is 0 Å². The van der Waals surface area contributed by atoms with E-state index in [-0.39, 0.29) is 42.7 Å². The van der Waals surface area contributed by atoms with E-state index in [9.17, 15) is 9.59 Å². The summed E-state index contributed by atoms with van der Waals surface area (Å²) < 4.78 is 0. The van der Waals surface area contributed by atoms with Crippen molar-refractivity contribution in [1.82, 2.24) is 10.6 Å². The van der Waals surface area contributed by atoms with E-state index in [1.165, 1.54) is 12.8 Å². The summed E-state index contributed by atoms with van der Waals surface area (Å²) >= 11 is 0. The number of hydrogen-bond acceptors (Lipinski definition) is 3. The molecule has 0 spiro atoms. The van der Waals surface area contributed by atoms with Gasteiger partial charge in [0.1, 0.15) is 0 Å². The molecular formula is C12H24ClN3O2. The molecule has 4 N–H and O–H groups in total. The largest absolute Gasteiger partial charge is 0.352 e. The average molecular weight is 278 g/mol. The van der Waals surface area contributed by atoms with Crippen LogP contribution >= 0.6 is 12.4 Å². The molecule has 5 nitrogen and oxygen atoms in total. The van der Waals surface area contributed by atoms with Crippen LogP contribution in [0.1, 0.15) is 33.6 Å². The summed E-state index contributed by atoms with van der Waals surface area (Å²) in [4.78, 5) is 23.0. The smallest absolute Gasteiger partial charge is 0.239 e. The summed E-state index contributed by atoms with van der Waals surface area (Å²) in [5.74, 6) is 0.277. The van der Waals surface area contributed by atoms with Crippen LogP contribution in [0.5, 0.6) is 0 Å². The third-order valence-electron chi connectivity index (χ3n) is 3.16. The molecule has 1 saturated carbocycles. The van der Waals surface area contributed by atoms with Crippen LogP contribution in [0.15, 0.2) is 0 Å². The van der Waals surface area contributed by atoms with Crippen LogP contribution in [0, 0.1) is 11.8 Å². The molecule has 0 saturated heterocycles. The fourth-order valence-electron chi connectivity index (χ4n) is 1.61. The Morgan fingerprint density at radius 2 is 1.83 bits per heavy atom. The lowest BCUT2D eigenvalue weighted by molar-refractivity contribution is -0.127. The first-order valence-electron chi connectivity index (χ1n) is 6.24. The maximum absolute atomic E-state index is 11.5. The number of nitrogens with one attached hydrogen (secondary N) is 2. The van der Waals surface area contributed by atoms with E-state index in [0.717, 1.165) is 0 Å². The fraction of sp³-hybridized carbons (Fsp3) is 0.833. The molecule has 0 bridgehead atoms. The van der Waals surface area contributed by atoms with E-state index in [2.05, 4.69) is 10.6 Å². The van der Waals surface area contributed by atoms with Crippen LogP contribution < -0.4 is 16.4 Å². The van der Waals surface area contributed by atoms with Crippen molar-refractivity contribution in [2.45, 2.75) is 45.7 Å². The number of nitrogens with two attached hydrogens (primary N) is 1. The van der Waals surface area contributed by atoms with Crippen LogP contribution in [0.25, 0.3) is 0 Å². The van der Waals surface area contributed by atoms with Gasteiger partial charge in [0.25, 0.3) is 0 Å². The van der Waals surface area contributed by atoms with Crippen molar-refractivity contribution in [2.75, 3.05) is 6.54 Å². The second-order valence-corrected chi connectivity index (χ2v) is 5.18. The van der Waals surface area contributed by atoms with E-state index in [0.29, 0.717) is 5.92 Å². The molecule has 0 aromatic rings. The van der Waals surface area contributed by atoms with E-state index >= 15 is 0 Å². The van der Waals surface area contributed by atoms with Gasteiger partial charge in [-0.2, -0.15) is 0 Å². The highest BCUT2D eigenvalue weighted by atomic mass is 35.5. The summed E-state index contributed by atoms with van der Waals surface area (Å²) in [6.45, 7) is 5.76. The molecule has 1 aliphatic rings. The Kier molecular flexibility index (Phi) is 7.25. The van der Waals surface area contributed by atoms with Crippen LogP contribution in [0.2, 0.25) is 0 Å². The van der Waals surface area contributed by atoms with Crippen LogP contribution in [0.4, 0.5) is 0 Å². The van der Waals surface area contributed by atoms with E-state index in [4.69, 9.17) is 5.73 Å². The highest BCUT2D eigenvalue weighted by Gasteiger charge is 2.28. The number of hydrogen-bond donors (Lipinski definition) is 3. The quantitative estimate of drug-likeness (QED) is 0.658. The molecule has 1 aliphatic carbocycles. The minimum Gasteiger partial charge on any atom is -0.352 e. The third kappa shape index (κ3) is 5.69. The van der Waals surface area contributed by atoms with Crippen molar-refractivity contribution >= 4 is 24.2 Å². The molecule has 18 heavy (non-hydrogen) atoms. The summed E-state index contributed by atoms with van der Waals surface area (Å²) in [7, 11) is 0. The molecule has 106 valence electrons. The lowest BCUT2D eigenvalue weighted by atomic mass is 10.1. The van der Waals surface area contributed by atoms with Gasteiger partial charge < -0.3 is 16.4 Å². The lowest BCUT2D eigenvalue weighted by Crippen LogP contribution is -2.48. The predicted octanol–water partition coefficient (Wildman–Crippen LogP) is 0.422. The summed E-state index contributed by atoms with van der Waals surface area (Å²) in [6, 6.07) is -0.346. The van der Waals surface area contributed by atoms with Gasteiger partial charge in [0, 0.05) is 6.04 Å². The zero-order valence-corrected chi connectivity index (χ0v) is 12.0. The van der Waals surface area contributed by atoms with Gasteiger partial charge in [-0.15, -0.1) is 12.4 Å². The summed E-state index contributed by atoms with van der Waals surface area (Å²) in [6.07, 6.45) is 2.37. The third-order valence-corrected chi connectivity index (χ3v) is 3.16. The topological polar surface area (TPSA) is 84.2 Å². The van der Waals surface area contributed by atoms with Gasteiger partial charge in [-0.3, -0.25) is 9.59 Å². The Bertz CT molecular complexity index is 293. The van der Waals surface area contributed by atoms with Gasteiger partial charge in [-0.1, -0.05) is 13.8 Å². The molecule has 1 unspecified atom stereocenters. The molecule has 0 aliphatic heterocycles. The van der Waals surface area contributed by atoms with Crippen molar-refractivity contribution in [3.05, 3.63) is 0 Å². The first-order chi connectivity index (χ1) is 7.91. The fourth-order valence-corrected chi connectivity index (χ4v) is 1.61. The Morgan fingerprint density at radius 3 is 2.28 bits per heavy atom. The highest BCUT2D eigenvalue weighted by Crippen LogP contribution is 2.32. The van der Waals surface area contributed by atoms with Gasteiger partial charge in [-0.05, 0) is 31.6 Å². The highest BCUT2D eigenvalue weighted by molar-refractivity contribution is 5.87. The van der Waals surface area contributed by atoms with Gasteiger partial charge in [-0.25, -0.2) is 0 Å². The Balaban J connectivity index is 0.00000289. The molecule has 0 aromatic carbocycles. The minimum absolute atomic E-state index is 0. The number of carbonyl (C=O) groups is 2. The van der Waals surface area contributed by atoms with Crippen molar-refractivity contribution in [3.63, 3.8) is 0 Å². The van der Waals surface area contributed by atoms with E-state index in [1.54, 1.807) is 0 Å². The Morgan fingerprint density at radius 1 is 1.28 bits per heavy atom. The standard InChI is InChI=1S/C12H23N3O2.ClH/c1-7(2)11(13)12(17)14-6-10(16)15-8(3)9-4-5-9;/h7-9,11H,4-6,13H2,1-3H3,(H,14,17)(H,15,16);1H/t8?,11-;/m0./s1. The zero-order valence-electron chi connectivity index (χ0n) is 11.2. The SMILES string of the molecule is CC(NC(=O)CNC(=O)[C@@H](N)C(C)C)C1CC1.Cl. The molecule has 6 heteroatoms. The average Bonchev–Trinajstić information content (AvgIpc) is 3.08. The number of rotatable bonds is 6. The second-order valence-electron chi connectivity index (χ2n) is 5.18. The lowest BCUT2D eigenvalue weighted by Gasteiger charge is -2.16. The first-order valence-corrected chi connectivity index (χ1v) is 6.24. The van der Waals surface area contributed by atoms with Crippen LogP contribution in [-0.2, 0) is 9.59 Å². The van der Waals surface area contributed by atoms with Crippen molar-refractivity contribution in [3.8, 4) is 0 Å². The van der Waals surface area contributed by atoms with Crippen LogP contribution in [0.3, 0.4) is 0 Å². The van der Waals surface area contributed by atoms with Gasteiger partial charge in [0.2, 0.25) is 11.8 Å². The summed E-state index contributed by atoms with van der Waals surface area (Å²) in [5, 5.41) is 5.42. The van der Waals surface area contributed by atoms with E-state index < -0.39 is 6.04 Å². The monoisotopic (exact) mass is 277 g/mol. The molecule has 0 heterocycles. The van der Waals surface area contributed by atoms with Crippen molar-refractivity contribution < 1.29 is 9.59 Å². The Hall–Kier alpha value is -0.810. The molecule has 0 radical (unpaired) electrons. The normalized spacial score (nSPS) is 17.6. The number of halogens is 1. The molecule has 2 amide bonds. The minimum atomic E-state index is -0.552. The van der Waals surface area contributed by atoms with Gasteiger partial charge in [0.15, 0.2) is 0 Å². The molecule has 1 rings (SSSR count).